The summed E-state index contributed by atoms with van der Waals surface area (Å²) < 4.78 is 5.40. The van der Waals surface area contributed by atoms with Gasteiger partial charge in [-0.2, -0.15) is 0 Å². The molecule has 0 saturated carbocycles. The summed E-state index contributed by atoms with van der Waals surface area (Å²) in [5.74, 6) is 0.698. The first kappa shape index (κ1) is 18.5. The number of amides is 1. The number of nitrogens with one attached hydrogen (secondary N) is 1. The maximum absolute atomic E-state index is 11.6. The molecule has 1 aromatic carbocycles. The van der Waals surface area contributed by atoms with Gasteiger partial charge in [0.2, 0.25) is 0 Å². The van der Waals surface area contributed by atoms with Crippen LogP contribution >= 0.6 is 0 Å². The van der Waals surface area contributed by atoms with Crippen LogP contribution in [0.25, 0.3) is 0 Å². The van der Waals surface area contributed by atoms with E-state index < -0.39 is 0 Å². The molecular formula is C19H31NO2. The second-order valence-corrected chi connectivity index (χ2v) is 5.78. The van der Waals surface area contributed by atoms with Crippen LogP contribution in [0.2, 0.25) is 0 Å². The molecule has 22 heavy (non-hydrogen) atoms. The number of ether oxygens (including phenoxy) is 1. The van der Waals surface area contributed by atoms with E-state index >= 15 is 0 Å². The molecule has 0 saturated heterocycles. The molecule has 0 atom stereocenters. The van der Waals surface area contributed by atoms with Crippen LogP contribution in [-0.2, 0) is 4.79 Å². The third-order valence-electron chi connectivity index (χ3n) is 3.72. The van der Waals surface area contributed by atoms with Crippen LogP contribution < -0.4 is 10.1 Å². The van der Waals surface area contributed by atoms with Crippen molar-refractivity contribution >= 4 is 5.91 Å². The number of hydrogen-bond acceptors (Lipinski definition) is 2. The summed E-state index contributed by atoms with van der Waals surface area (Å²) in [5, 5.41) is 2.91. The van der Waals surface area contributed by atoms with E-state index in [1.807, 2.05) is 30.3 Å². The Kier molecular flexibility index (Phi) is 11.1. The number of unbranched alkanes of at least 4 members (excludes halogenated alkanes) is 8. The maximum Gasteiger partial charge on any atom is 0.257 e. The molecule has 0 aliphatic heterocycles. The Morgan fingerprint density at radius 3 is 2.14 bits per heavy atom. The van der Waals surface area contributed by atoms with Gasteiger partial charge in [-0.15, -0.1) is 0 Å². The summed E-state index contributed by atoms with van der Waals surface area (Å²) in [4.78, 5) is 11.6. The van der Waals surface area contributed by atoms with Gasteiger partial charge >= 0.3 is 0 Å². The Morgan fingerprint density at radius 1 is 0.909 bits per heavy atom. The van der Waals surface area contributed by atoms with Crippen LogP contribution in [0.3, 0.4) is 0 Å². The molecule has 0 aliphatic rings. The maximum atomic E-state index is 11.6. The third-order valence-corrected chi connectivity index (χ3v) is 3.72. The lowest BCUT2D eigenvalue weighted by Crippen LogP contribution is -2.29. The molecule has 1 rings (SSSR count). The smallest absolute Gasteiger partial charge is 0.257 e. The molecule has 3 heteroatoms. The molecular weight excluding hydrogens is 274 g/mol. The van der Waals surface area contributed by atoms with Crippen LogP contribution in [0, 0.1) is 0 Å². The van der Waals surface area contributed by atoms with Gasteiger partial charge in [0.1, 0.15) is 5.75 Å². The van der Waals surface area contributed by atoms with Gasteiger partial charge in [-0.3, -0.25) is 4.79 Å². The van der Waals surface area contributed by atoms with Crippen molar-refractivity contribution in [1.29, 1.82) is 0 Å². The predicted molar refractivity (Wildman–Crippen MR) is 92.2 cm³/mol. The lowest BCUT2D eigenvalue weighted by Gasteiger charge is -2.07. The first-order chi connectivity index (χ1) is 10.8. The number of hydrogen-bond donors (Lipinski definition) is 1. The van der Waals surface area contributed by atoms with Crippen LogP contribution in [0.15, 0.2) is 30.3 Å². The van der Waals surface area contributed by atoms with E-state index in [4.69, 9.17) is 4.74 Å². The number of para-hydroxylation sites is 1. The topological polar surface area (TPSA) is 38.3 Å². The highest BCUT2D eigenvalue weighted by atomic mass is 16.5. The Labute approximate surface area is 135 Å². The number of carbonyl (C=O) groups excluding carboxylic acids is 1. The minimum absolute atomic E-state index is 0.0385. The SMILES string of the molecule is CCCCCCCCCCCNC(=O)COc1ccccc1. The molecule has 0 fully saturated rings. The van der Waals surface area contributed by atoms with Gasteiger partial charge in [-0.1, -0.05) is 76.5 Å². The van der Waals surface area contributed by atoms with Crippen molar-refractivity contribution < 1.29 is 9.53 Å². The zero-order valence-electron chi connectivity index (χ0n) is 14.0. The van der Waals surface area contributed by atoms with E-state index in [9.17, 15) is 4.79 Å². The summed E-state index contributed by atoms with van der Waals surface area (Å²) in [6.07, 6.45) is 11.7. The van der Waals surface area contributed by atoms with E-state index in [0.717, 1.165) is 18.7 Å². The van der Waals surface area contributed by atoms with Gasteiger partial charge in [-0.25, -0.2) is 0 Å². The molecule has 1 amide bonds. The first-order valence-electron chi connectivity index (χ1n) is 8.77. The second kappa shape index (κ2) is 13.2. The van der Waals surface area contributed by atoms with Crippen molar-refractivity contribution in [2.45, 2.75) is 64.7 Å². The fourth-order valence-electron chi connectivity index (χ4n) is 2.38. The summed E-state index contributed by atoms with van der Waals surface area (Å²) in [6.45, 7) is 3.10. The predicted octanol–water partition coefficient (Wildman–Crippen LogP) is 4.71. The Bertz CT molecular complexity index is 378. The van der Waals surface area contributed by atoms with Crippen LogP contribution in [0.5, 0.6) is 5.75 Å². The summed E-state index contributed by atoms with van der Waals surface area (Å²) in [5.41, 5.74) is 0. The lowest BCUT2D eigenvalue weighted by molar-refractivity contribution is -0.123. The molecule has 1 N–H and O–H groups in total. The highest BCUT2D eigenvalue weighted by molar-refractivity contribution is 5.77. The van der Waals surface area contributed by atoms with Crippen LogP contribution in [0.4, 0.5) is 0 Å². The molecule has 3 nitrogen and oxygen atoms in total. The Morgan fingerprint density at radius 2 is 1.50 bits per heavy atom. The Balaban J connectivity index is 1.87. The van der Waals surface area contributed by atoms with Gasteiger partial charge in [0, 0.05) is 6.54 Å². The first-order valence-corrected chi connectivity index (χ1v) is 8.77. The molecule has 0 unspecified atom stereocenters. The zero-order valence-corrected chi connectivity index (χ0v) is 14.0. The van der Waals surface area contributed by atoms with Gasteiger partial charge in [-0.05, 0) is 18.6 Å². The molecule has 124 valence electrons. The van der Waals surface area contributed by atoms with E-state index in [-0.39, 0.29) is 12.5 Å². The van der Waals surface area contributed by atoms with Gasteiger partial charge < -0.3 is 10.1 Å². The van der Waals surface area contributed by atoms with Gasteiger partial charge in [0.05, 0.1) is 0 Å². The zero-order chi connectivity index (χ0) is 15.9. The lowest BCUT2D eigenvalue weighted by atomic mass is 10.1. The van der Waals surface area contributed by atoms with E-state index in [1.54, 1.807) is 0 Å². The quantitative estimate of drug-likeness (QED) is 0.536. The van der Waals surface area contributed by atoms with Crippen molar-refractivity contribution in [3.63, 3.8) is 0 Å². The van der Waals surface area contributed by atoms with Crippen LogP contribution in [0.1, 0.15) is 64.7 Å². The average Bonchev–Trinajstić information content (AvgIpc) is 2.55. The molecule has 0 heterocycles. The van der Waals surface area contributed by atoms with E-state index in [0.29, 0.717) is 0 Å². The Hall–Kier alpha value is -1.51. The largest absolute Gasteiger partial charge is 0.484 e. The van der Waals surface area contributed by atoms with E-state index in [1.165, 1.54) is 51.4 Å². The minimum Gasteiger partial charge on any atom is -0.484 e. The van der Waals surface area contributed by atoms with Crippen molar-refractivity contribution in [2.24, 2.45) is 0 Å². The van der Waals surface area contributed by atoms with Crippen molar-refractivity contribution in [1.82, 2.24) is 5.32 Å². The summed E-state index contributed by atoms with van der Waals surface area (Å²) >= 11 is 0. The van der Waals surface area contributed by atoms with Crippen molar-refractivity contribution in [3.05, 3.63) is 30.3 Å². The monoisotopic (exact) mass is 305 g/mol. The molecule has 0 spiro atoms. The summed E-state index contributed by atoms with van der Waals surface area (Å²) in [6, 6.07) is 9.43. The number of rotatable bonds is 13. The number of benzene rings is 1. The molecule has 0 aliphatic carbocycles. The fraction of sp³-hybridized carbons (Fsp3) is 0.632. The van der Waals surface area contributed by atoms with Crippen molar-refractivity contribution in [2.75, 3.05) is 13.2 Å². The molecule has 1 aromatic rings. The third kappa shape index (κ3) is 10.3. The van der Waals surface area contributed by atoms with Gasteiger partial charge in [0.25, 0.3) is 5.91 Å². The van der Waals surface area contributed by atoms with Crippen LogP contribution in [-0.4, -0.2) is 19.1 Å². The normalized spacial score (nSPS) is 10.4. The van der Waals surface area contributed by atoms with Crippen molar-refractivity contribution in [3.8, 4) is 5.75 Å². The molecule has 0 bridgehead atoms. The molecule has 0 radical (unpaired) electrons. The second-order valence-electron chi connectivity index (χ2n) is 5.78. The highest BCUT2D eigenvalue weighted by Gasteiger charge is 2.01. The fourth-order valence-corrected chi connectivity index (χ4v) is 2.38. The average molecular weight is 305 g/mol. The van der Waals surface area contributed by atoms with E-state index in [2.05, 4.69) is 12.2 Å². The summed E-state index contributed by atoms with van der Waals surface area (Å²) in [7, 11) is 0. The number of carbonyl (C=O) groups is 1. The van der Waals surface area contributed by atoms with Gasteiger partial charge in [0.15, 0.2) is 6.61 Å². The highest BCUT2D eigenvalue weighted by Crippen LogP contribution is 2.09. The standard InChI is InChI=1S/C19H31NO2/c1-2-3-4-5-6-7-8-9-13-16-20-19(21)17-22-18-14-11-10-12-15-18/h10-12,14-15H,2-9,13,16-17H2,1H3,(H,20,21). The molecule has 0 aromatic heterocycles. The minimum atomic E-state index is -0.0385.